The van der Waals surface area contributed by atoms with E-state index < -0.39 is 0 Å². The number of nitrogens with one attached hydrogen (secondary N) is 1. The third-order valence-corrected chi connectivity index (χ3v) is 3.41. The van der Waals surface area contributed by atoms with Crippen LogP contribution in [0.5, 0.6) is 5.75 Å². The van der Waals surface area contributed by atoms with E-state index in [1.807, 2.05) is 12.1 Å². The Morgan fingerprint density at radius 3 is 2.81 bits per heavy atom. The van der Waals surface area contributed by atoms with E-state index in [1.165, 1.54) is 0 Å². The Morgan fingerprint density at radius 2 is 2.19 bits per heavy atom. The summed E-state index contributed by atoms with van der Waals surface area (Å²) in [4.78, 5) is 12.2. The lowest BCUT2D eigenvalue weighted by Gasteiger charge is -2.16. The first-order valence-electron chi connectivity index (χ1n) is 6.97. The number of methoxy groups -OCH3 is 1. The summed E-state index contributed by atoms with van der Waals surface area (Å²) >= 11 is 0. The second-order valence-electron chi connectivity index (χ2n) is 5.02. The molecule has 1 fully saturated rings. The van der Waals surface area contributed by atoms with Gasteiger partial charge in [-0.1, -0.05) is 6.07 Å². The summed E-state index contributed by atoms with van der Waals surface area (Å²) in [5.74, 6) is 1.13. The molecule has 0 saturated heterocycles. The predicted molar refractivity (Wildman–Crippen MR) is 84.1 cm³/mol. The number of nitrogens with two attached hydrogens (primary N) is 1. The summed E-state index contributed by atoms with van der Waals surface area (Å²) in [5, 5.41) is 3.00. The minimum Gasteiger partial charge on any atom is -0.491 e. The molecule has 0 radical (unpaired) electrons. The molecule has 5 nitrogen and oxygen atoms in total. The van der Waals surface area contributed by atoms with Crippen LogP contribution in [0.4, 0.5) is 0 Å². The van der Waals surface area contributed by atoms with Crippen molar-refractivity contribution in [2.24, 2.45) is 11.7 Å². The van der Waals surface area contributed by atoms with Crippen LogP contribution in [0.2, 0.25) is 0 Å². The topological polar surface area (TPSA) is 73.6 Å². The summed E-state index contributed by atoms with van der Waals surface area (Å²) in [6.45, 7) is 1.48. The Morgan fingerprint density at radius 1 is 1.43 bits per heavy atom. The maximum atomic E-state index is 12.2. The zero-order chi connectivity index (χ0) is 14.4. The number of rotatable bonds is 8. The van der Waals surface area contributed by atoms with Crippen LogP contribution in [-0.4, -0.2) is 38.8 Å². The van der Waals surface area contributed by atoms with E-state index in [0.717, 1.165) is 12.8 Å². The van der Waals surface area contributed by atoms with Crippen molar-refractivity contribution in [2.75, 3.05) is 26.9 Å². The largest absolute Gasteiger partial charge is 0.491 e. The summed E-state index contributed by atoms with van der Waals surface area (Å²) in [5.41, 5.74) is 6.29. The van der Waals surface area contributed by atoms with Crippen molar-refractivity contribution in [2.45, 2.75) is 18.9 Å². The van der Waals surface area contributed by atoms with E-state index in [-0.39, 0.29) is 24.4 Å². The molecule has 0 aliphatic heterocycles. The molecule has 1 aromatic carbocycles. The number of carbonyl (C=O) groups is 1. The van der Waals surface area contributed by atoms with E-state index in [9.17, 15) is 4.79 Å². The van der Waals surface area contributed by atoms with Gasteiger partial charge >= 0.3 is 0 Å². The van der Waals surface area contributed by atoms with Crippen LogP contribution < -0.4 is 15.8 Å². The second-order valence-corrected chi connectivity index (χ2v) is 5.02. The number of amides is 1. The van der Waals surface area contributed by atoms with E-state index in [2.05, 4.69) is 5.32 Å². The summed E-state index contributed by atoms with van der Waals surface area (Å²) in [6, 6.07) is 7.24. The van der Waals surface area contributed by atoms with Gasteiger partial charge in [0.15, 0.2) is 0 Å². The first kappa shape index (κ1) is 17.8. The molecule has 2 rings (SSSR count). The van der Waals surface area contributed by atoms with Crippen LogP contribution in [-0.2, 0) is 4.74 Å². The van der Waals surface area contributed by atoms with Crippen molar-refractivity contribution in [3.63, 3.8) is 0 Å². The van der Waals surface area contributed by atoms with Gasteiger partial charge in [0, 0.05) is 25.3 Å². The van der Waals surface area contributed by atoms with E-state index in [0.29, 0.717) is 37.0 Å². The third kappa shape index (κ3) is 5.53. The van der Waals surface area contributed by atoms with E-state index in [1.54, 1.807) is 19.2 Å². The average Bonchev–Trinajstić information content (AvgIpc) is 3.30. The maximum absolute atomic E-state index is 12.2. The lowest BCUT2D eigenvalue weighted by molar-refractivity contribution is 0.0932. The minimum absolute atomic E-state index is 0. The molecule has 1 saturated carbocycles. The Kier molecular flexibility index (Phi) is 7.50. The molecule has 3 N–H and O–H groups in total. The van der Waals surface area contributed by atoms with E-state index >= 15 is 0 Å². The highest BCUT2D eigenvalue weighted by molar-refractivity contribution is 5.94. The maximum Gasteiger partial charge on any atom is 0.251 e. The van der Waals surface area contributed by atoms with Gasteiger partial charge in [-0.25, -0.2) is 0 Å². The van der Waals surface area contributed by atoms with Crippen LogP contribution in [0.3, 0.4) is 0 Å². The normalized spacial score (nSPS) is 15.0. The van der Waals surface area contributed by atoms with Crippen molar-refractivity contribution in [3.8, 4) is 5.75 Å². The Hall–Kier alpha value is -1.30. The molecule has 0 spiro atoms. The minimum atomic E-state index is -0.0930. The van der Waals surface area contributed by atoms with Gasteiger partial charge in [0.25, 0.3) is 5.91 Å². The summed E-state index contributed by atoms with van der Waals surface area (Å²) in [6.07, 6.45) is 2.31. The molecule has 1 atom stereocenters. The second kappa shape index (κ2) is 8.87. The molecular weight excluding hydrogens is 292 g/mol. The molecule has 21 heavy (non-hydrogen) atoms. The van der Waals surface area contributed by atoms with Crippen LogP contribution in [0.15, 0.2) is 24.3 Å². The molecule has 0 heterocycles. The lowest BCUT2D eigenvalue weighted by Crippen LogP contribution is -2.41. The van der Waals surface area contributed by atoms with Crippen LogP contribution in [0.25, 0.3) is 0 Å². The van der Waals surface area contributed by atoms with Gasteiger partial charge < -0.3 is 20.5 Å². The number of halogens is 1. The predicted octanol–water partition coefficient (Wildman–Crippen LogP) is 1.60. The first-order chi connectivity index (χ1) is 9.74. The van der Waals surface area contributed by atoms with Crippen molar-refractivity contribution in [1.29, 1.82) is 0 Å². The molecule has 0 bridgehead atoms. The van der Waals surface area contributed by atoms with Gasteiger partial charge in [-0.2, -0.15) is 0 Å². The standard InChI is InChI=1S/C15H22N2O3.ClH/c1-19-7-8-20-13-4-2-3-12(9-13)15(18)17-14(10-16)11-5-6-11;/h2-4,9,11,14H,5-8,10,16H2,1H3,(H,17,18);1H. The van der Waals surface area contributed by atoms with Crippen LogP contribution >= 0.6 is 12.4 Å². The van der Waals surface area contributed by atoms with Crippen molar-refractivity contribution >= 4 is 18.3 Å². The quantitative estimate of drug-likeness (QED) is 0.715. The molecule has 1 amide bonds. The number of carbonyl (C=O) groups excluding carboxylic acids is 1. The fourth-order valence-corrected chi connectivity index (χ4v) is 2.09. The Balaban J connectivity index is 0.00000220. The van der Waals surface area contributed by atoms with Gasteiger partial charge in [-0.3, -0.25) is 4.79 Å². The molecule has 6 heteroatoms. The van der Waals surface area contributed by atoms with Gasteiger partial charge in [0.2, 0.25) is 0 Å². The van der Waals surface area contributed by atoms with Gasteiger partial charge in [-0.15, -0.1) is 12.4 Å². The van der Waals surface area contributed by atoms with Crippen LogP contribution in [0.1, 0.15) is 23.2 Å². The third-order valence-electron chi connectivity index (χ3n) is 3.41. The van der Waals surface area contributed by atoms with Gasteiger partial charge in [0.05, 0.1) is 6.61 Å². The highest BCUT2D eigenvalue weighted by Gasteiger charge is 2.31. The Bertz CT molecular complexity index is 452. The van der Waals surface area contributed by atoms with E-state index in [4.69, 9.17) is 15.2 Å². The average molecular weight is 315 g/mol. The first-order valence-corrected chi connectivity index (χ1v) is 6.97. The summed E-state index contributed by atoms with van der Waals surface area (Å²) < 4.78 is 10.4. The molecule has 0 aromatic heterocycles. The number of hydrogen-bond acceptors (Lipinski definition) is 4. The van der Waals surface area contributed by atoms with Gasteiger partial charge in [-0.05, 0) is 37.0 Å². The van der Waals surface area contributed by atoms with Gasteiger partial charge in [0.1, 0.15) is 12.4 Å². The molecule has 118 valence electrons. The smallest absolute Gasteiger partial charge is 0.251 e. The summed E-state index contributed by atoms with van der Waals surface area (Å²) in [7, 11) is 1.62. The van der Waals surface area contributed by atoms with Crippen molar-refractivity contribution < 1.29 is 14.3 Å². The zero-order valence-corrected chi connectivity index (χ0v) is 13.0. The lowest BCUT2D eigenvalue weighted by atomic mass is 10.1. The highest BCUT2D eigenvalue weighted by Crippen LogP contribution is 2.32. The molecule has 1 aliphatic carbocycles. The van der Waals surface area contributed by atoms with Crippen molar-refractivity contribution in [3.05, 3.63) is 29.8 Å². The Labute approximate surface area is 131 Å². The zero-order valence-electron chi connectivity index (χ0n) is 12.2. The fraction of sp³-hybridized carbons (Fsp3) is 0.533. The number of ether oxygens (including phenoxy) is 2. The molecular formula is C15H23ClN2O3. The van der Waals surface area contributed by atoms with Crippen molar-refractivity contribution in [1.82, 2.24) is 5.32 Å². The molecule has 1 unspecified atom stereocenters. The number of hydrogen-bond donors (Lipinski definition) is 2. The number of benzene rings is 1. The monoisotopic (exact) mass is 314 g/mol. The SMILES string of the molecule is COCCOc1cccc(C(=O)NC(CN)C2CC2)c1.Cl. The highest BCUT2D eigenvalue weighted by atomic mass is 35.5. The van der Waals surface area contributed by atoms with Crippen LogP contribution in [0, 0.1) is 5.92 Å². The molecule has 1 aliphatic rings. The fourth-order valence-electron chi connectivity index (χ4n) is 2.09. The molecule has 1 aromatic rings.